The second-order valence-electron chi connectivity index (χ2n) is 5.07. The monoisotopic (exact) mass is 262 g/mol. The molecule has 1 nitrogen and oxygen atoms in total. The third kappa shape index (κ3) is 15.0. The molecule has 0 aliphatic rings. The van der Waals surface area contributed by atoms with Crippen molar-refractivity contribution < 1.29 is 5.11 Å². The number of hydrogen-bond donors (Lipinski definition) is 1. The molecule has 0 aliphatic heterocycles. The Labute approximate surface area is 119 Å². The van der Waals surface area contributed by atoms with Crippen molar-refractivity contribution >= 4 is 0 Å². The smallest absolute Gasteiger partial charge is 0.140 e. The second kappa shape index (κ2) is 15.1. The van der Waals surface area contributed by atoms with Crippen LogP contribution in [-0.2, 0) is 0 Å². The van der Waals surface area contributed by atoms with Crippen molar-refractivity contribution in [1.82, 2.24) is 0 Å². The fraction of sp³-hybridized carbons (Fsp3) is 0.722. The average Bonchev–Trinajstić information content (AvgIpc) is 2.40. The average molecular weight is 262 g/mol. The summed E-state index contributed by atoms with van der Waals surface area (Å²) in [6, 6.07) is 0. The molecule has 0 saturated carbocycles. The van der Waals surface area contributed by atoms with E-state index < -0.39 is 6.10 Å². The minimum absolute atomic E-state index is 0.694. The van der Waals surface area contributed by atoms with Crippen LogP contribution in [0.4, 0.5) is 0 Å². The molecule has 108 valence electrons. The fourth-order valence-electron chi connectivity index (χ4n) is 2.03. The van der Waals surface area contributed by atoms with Gasteiger partial charge in [-0.25, -0.2) is 0 Å². The lowest BCUT2D eigenvalue weighted by atomic mass is 10.1. The maximum absolute atomic E-state index is 9.28. The minimum Gasteiger partial charge on any atom is -0.376 e. The van der Waals surface area contributed by atoms with Crippen molar-refractivity contribution in [3.05, 3.63) is 18.4 Å². The lowest BCUT2D eigenvalue weighted by Gasteiger charge is -2.00. The Balaban J connectivity index is 3.20. The van der Waals surface area contributed by atoms with Crippen molar-refractivity contribution in [2.75, 3.05) is 0 Å². The van der Waals surface area contributed by atoms with Crippen LogP contribution in [0.2, 0.25) is 0 Å². The summed E-state index contributed by atoms with van der Waals surface area (Å²) in [5, 5.41) is 9.28. The van der Waals surface area contributed by atoms with Gasteiger partial charge in [-0.3, -0.25) is 0 Å². The first-order valence-electron chi connectivity index (χ1n) is 7.83. The molecule has 0 aromatic carbocycles. The van der Waals surface area contributed by atoms with Crippen LogP contribution < -0.4 is 0 Å². The maximum atomic E-state index is 9.28. The molecule has 1 atom stereocenters. The van der Waals surface area contributed by atoms with Gasteiger partial charge in [0.15, 0.2) is 0 Å². The van der Waals surface area contributed by atoms with Gasteiger partial charge in [0.05, 0.1) is 0 Å². The molecule has 0 aromatic rings. The molecule has 0 heterocycles. The maximum Gasteiger partial charge on any atom is 0.140 e. The van der Waals surface area contributed by atoms with Crippen LogP contribution in [0.3, 0.4) is 0 Å². The predicted octanol–water partition coefficient (Wildman–Crippen LogP) is 5.00. The molecule has 1 N–H and O–H groups in total. The number of hydrogen-bond acceptors (Lipinski definition) is 1. The highest BCUT2D eigenvalue weighted by Gasteiger charge is 1.92. The molecule has 0 aliphatic carbocycles. The summed E-state index contributed by atoms with van der Waals surface area (Å²) < 4.78 is 0. The Morgan fingerprint density at radius 1 is 0.947 bits per heavy atom. The predicted molar refractivity (Wildman–Crippen MR) is 84.0 cm³/mol. The van der Waals surface area contributed by atoms with Crippen LogP contribution in [0.1, 0.15) is 77.6 Å². The van der Waals surface area contributed by atoms with E-state index in [-0.39, 0.29) is 0 Å². The van der Waals surface area contributed by atoms with Gasteiger partial charge in [0.2, 0.25) is 0 Å². The standard InChI is InChI=1S/C18H30O/c1-3-5-6-7-8-9-10-11-12-13-14-15-17-18(19)16-4-2/h16,18-19H,2-3,5-14H2,1H3. The first kappa shape index (κ1) is 18.0. The van der Waals surface area contributed by atoms with Crippen molar-refractivity contribution in [1.29, 1.82) is 0 Å². The van der Waals surface area contributed by atoms with Crippen molar-refractivity contribution in [2.45, 2.75) is 83.7 Å². The number of rotatable bonds is 11. The van der Waals surface area contributed by atoms with Gasteiger partial charge in [-0.15, -0.1) is 11.7 Å². The van der Waals surface area contributed by atoms with E-state index >= 15 is 0 Å². The molecule has 0 saturated heterocycles. The van der Waals surface area contributed by atoms with Crippen LogP contribution in [-0.4, -0.2) is 11.2 Å². The Morgan fingerprint density at radius 2 is 1.47 bits per heavy atom. The van der Waals surface area contributed by atoms with E-state index in [4.69, 9.17) is 0 Å². The fourth-order valence-corrected chi connectivity index (χ4v) is 2.03. The largest absolute Gasteiger partial charge is 0.376 e. The Morgan fingerprint density at radius 3 is 2.00 bits per heavy atom. The zero-order valence-corrected chi connectivity index (χ0v) is 12.6. The molecule has 0 radical (unpaired) electrons. The zero-order valence-electron chi connectivity index (χ0n) is 12.6. The summed E-state index contributed by atoms with van der Waals surface area (Å²) in [5.41, 5.74) is 2.53. The van der Waals surface area contributed by atoms with Gasteiger partial charge in [-0.1, -0.05) is 77.2 Å². The minimum atomic E-state index is -0.694. The molecule has 0 aromatic heterocycles. The quantitative estimate of drug-likeness (QED) is 0.315. The lowest BCUT2D eigenvalue weighted by molar-refractivity contribution is 0.281. The Hall–Kier alpha value is -0.960. The third-order valence-corrected chi connectivity index (χ3v) is 3.18. The molecule has 0 amide bonds. The first-order chi connectivity index (χ1) is 9.31. The molecule has 1 heteroatoms. The van der Waals surface area contributed by atoms with Crippen LogP contribution in [0, 0.1) is 11.8 Å². The van der Waals surface area contributed by atoms with Crippen molar-refractivity contribution in [2.24, 2.45) is 0 Å². The van der Waals surface area contributed by atoms with E-state index in [1.54, 1.807) is 0 Å². The van der Waals surface area contributed by atoms with E-state index in [0.29, 0.717) is 0 Å². The van der Waals surface area contributed by atoms with Gasteiger partial charge in [-0.2, -0.15) is 0 Å². The lowest BCUT2D eigenvalue weighted by Crippen LogP contribution is -1.95. The molecule has 0 rings (SSSR count). The van der Waals surface area contributed by atoms with Crippen LogP contribution in [0.25, 0.3) is 0 Å². The Bertz CT molecular complexity index is 289. The molecule has 1 unspecified atom stereocenters. The SMILES string of the molecule is C=C=CC(O)C#CCCCCCCCCCCCC. The topological polar surface area (TPSA) is 20.2 Å². The van der Waals surface area contributed by atoms with Gasteiger partial charge < -0.3 is 5.11 Å². The highest BCUT2D eigenvalue weighted by Crippen LogP contribution is 2.10. The van der Waals surface area contributed by atoms with Gasteiger partial charge in [0.25, 0.3) is 0 Å². The van der Waals surface area contributed by atoms with Gasteiger partial charge >= 0.3 is 0 Å². The van der Waals surface area contributed by atoms with Crippen LogP contribution >= 0.6 is 0 Å². The molecule has 0 bridgehead atoms. The summed E-state index contributed by atoms with van der Waals surface area (Å²) in [5.74, 6) is 5.76. The summed E-state index contributed by atoms with van der Waals surface area (Å²) in [6.07, 6.45) is 15.1. The van der Waals surface area contributed by atoms with E-state index in [9.17, 15) is 5.11 Å². The molecular formula is C18H30O. The van der Waals surface area contributed by atoms with Gasteiger partial charge in [-0.05, 0) is 12.5 Å². The number of aliphatic hydroxyl groups excluding tert-OH is 1. The normalized spacial score (nSPS) is 11.3. The summed E-state index contributed by atoms with van der Waals surface area (Å²) in [4.78, 5) is 0. The Kier molecular flexibility index (Phi) is 14.3. The number of aliphatic hydroxyl groups is 1. The van der Waals surface area contributed by atoms with E-state index in [0.717, 1.165) is 12.8 Å². The van der Waals surface area contributed by atoms with Crippen LogP contribution in [0.5, 0.6) is 0 Å². The van der Waals surface area contributed by atoms with Gasteiger partial charge in [0.1, 0.15) is 6.10 Å². The molecular weight excluding hydrogens is 232 g/mol. The van der Waals surface area contributed by atoms with E-state index in [2.05, 4.69) is 31.1 Å². The molecule has 0 fully saturated rings. The zero-order chi connectivity index (χ0) is 14.2. The molecule has 0 spiro atoms. The molecule has 19 heavy (non-hydrogen) atoms. The van der Waals surface area contributed by atoms with Crippen molar-refractivity contribution in [3.63, 3.8) is 0 Å². The second-order valence-corrected chi connectivity index (χ2v) is 5.07. The first-order valence-corrected chi connectivity index (χ1v) is 7.83. The highest BCUT2D eigenvalue weighted by atomic mass is 16.3. The third-order valence-electron chi connectivity index (χ3n) is 3.18. The summed E-state index contributed by atoms with van der Waals surface area (Å²) >= 11 is 0. The summed E-state index contributed by atoms with van der Waals surface area (Å²) in [7, 11) is 0. The van der Waals surface area contributed by atoms with E-state index in [1.165, 1.54) is 63.9 Å². The van der Waals surface area contributed by atoms with E-state index in [1.807, 2.05) is 0 Å². The van der Waals surface area contributed by atoms with Gasteiger partial charge in [0, 0.05) is 6.42 Å². The summed E-state index contributed by atoms with van der Waals surface area (Å²) in [6.45, 7) is 5.66. The van der Waals surface area contributed by atoms with Crippen LogP contribution in [0.15, 0.2) is 18.4 Å². The van der Waals surface area contributed by atoms with Crippen molar-refractivity contribution in [3.8, 4) is 11.8 Å². The highest BCUT2D eigenvalue weighted by molar-refractivity contribution is 5.11. The number of unbranched alkanes of at least 4 members (excludes halogenated alkanes) is 10.